The molecule has 104 valence electrons. The molecule has 1 aromatic carbocycles. The predicted molar refractivity (Wildman–Crippen MR) is 62.6 cm³/mol. The highest BCUT2D eigenvalue weighted by atomic mass is 19.4. The van der Waals surface area contributed by atoms with Crippen LogP contribution in [0.5, 0.6) is 0 Å². The number of carbonyl (C=O) groups is 1. The summed E-state index contributed by atoms with van der Waals surface area (Å²) in [6.45, 7) is 0.881. The fraction of sp³-hybridized carbons (Fsp3) is 0.417. The predicted octanol–water partition coefficient (Wildman–Crippen LogP) is 1.76. The number of nitrogens with zero attached hydrogens (tertiary/aromatic N) is 1. The number of alkyl halides is 3. The van der Waals surface area contributed by atoms with Crippen LogP contribution in [0.25, 0.3) is 0 Å². The summed E-state index contributed by atoms with van der Waals surface area (Å²) in [5.41, 5.74) is 4.13. The summed E-state index contributed by atoms with van der Waals surface area (Å²) in [5.74, 6) is -0.339. The van der Waals surface area contributed by atoms with E-state index in [1.165, 1.54) is 4.90 Å². The largest absolute Gasteiger partial charge is 0.418 e. The molecule has 2 N–H and O–H groups in total. The van der Waals surface area contributed by atoms with Gasteiger partial charge in [-0.2, -0.15) is 13.2 Å². The van der Waals surface area contributed by atoms with Gasteiger partial charge in [0.2, 0.25) is 0 Å². The van der Waals surface area contributed by atoms with E-state index >= 15 is 0 Å². The second-order valence-corrected chi connectivity index (χ2v) is 4.37. The molecule has 0 aromatic heterocycles. The molecule has 7 heteroatoms. The van der Waals surface area contributed by atoms with Gasteiger partial charge in [0.25, 0.3) is 5.91 Å². The minimum absolute atomic E-state index is 0.00394. The number of nitrogen functional groups attached to an aromatic ring is 1. The van der Waals surface area contributed by atoms with Crippen LogP contribution in [0.4, 0.5) is 18.9 Å². The molecule has 0 radical (unpaired) electrons. The van der Waals surface area contributed by atoms with E-state index in [9.17, 15) is 18.0 Å². The Labute approximate surface area is 107 Å². The first kappa shape index (κ1) is 13.7. The van der Waals surface area contributed by atoms with Crippen LogP contribution >= 0.6 is 0 Å². The lowest BCUT2D eigenvalue weighted by Gasteiger charge is -2.38. The van der Waals surface area contributed by atoms with Crippen LogP contribution in [0.3, 0.4) is 0 Å². The van der Waals surface area contributed by atoms with Gasteiger partial charge in [-0.15, -0.1) is 0 Å². The van der Waals surface area contributed by atoms with Crippen molar-refractivity contribution >= 4 is 11.6 Å². The van der Waals surface area contributed by atoms with Crippen molar-refractivity contribution in [3.63, 3.8) is 0 Å². The topological polar surface area (TPSA) is 55.6 Å². The monoisotopic (exact) mass is 274 g/mol. The standard InChI is InChI=1S/C12H13F3N2O2/c1-19-8-5-17(6-8)11(18)7-2-3-9(10(16)4-7)12(13,14)15/h2-4,8H,5-6,16H2,1H3. The van der Waals surface area contributed by atoms with E-state index in [0.717, 1.165) is 18.2 Å². The fourth-order valence-corrected chi connectivity index (χ4v) is 1.89. The van der Waals surface area contributed by atoms with Gasteiger partial charge in [-0.3, -0.25) is 4.79 Å². The van der Waals surface area contributed by atoms with E-state index in [4.69, 9.17) is 10.5 Å². The number of hydrogen-bond donors (Lipinski definition) is 1. The lowest BCUT2D eigenvalue weighted by Crippen LogP contribution is -2.54. The van der Waals surface area contributed by atoms with Gasteiger partial charge in [-0.25, -0.2) is 0 Å². The van der Waals surface area contributed by atoms with E-state index in [1.54, 1.807) is 7.11 Å². The highest BCUT2D eigenvalue weighted by Gasteiger charge is 2.35. The van der Waals surface area contributed by atoms with Crippen molar-refractivity contribution in [3.8, 4) is 0 Å². The average Bonchev–Trinajstić information content (AvgIpc) is 2.25. The smallest absolute Gasteiger partial charge is 0.398 e. The number of carbonyl (C=O) groups excluding carboxylic acids is 1. The highest BCUT2D eigenvalue weighted by Crippen LogP contribution is 2.34. The van der Waals surface area contributed by atoms with Gasteiger partial charge in [0.15, 0.2) is 0 Å². The molecule has 1 aliphatic heterocycles. The second-order valence-electron chi connectivity index (χ2n) is 4.37. The fourth-order valence-electron chi connectivity index (χ4n) is 1.89. The summed E-state index contributed by atoms with van der Waals surface area (Å²) in [7, 11) is 1.54. The summed E-state index contributed by atoms with van der Waals surface area (Å²) in [6, 6.07) is 3.03. The Morgan fingerprint density at radius 2 is 2.05 bits per heavy atom. The molecule has 0 saturated carbocycles. The van der Waals surface area contributed by atoms with Crippen LogP contribution in [0.1, 0.15) is 15.9 Å². The molecule has 1 fully saturated rings. The molecule has 1 aromatic rings. The Bertz CT molecular complexity index is 496. The van der Waals surface area contributed by atoms with Gasteiger partial charge < -0.3 is 15.4 Å². The number of hydrogen-bond acceptors (Lipinski definition) is 3. The summed E-state index contributed by atoms with van der Waals surface area (Å²) >= 11 is 0. The number of halogens is 3. The van der Waals surface area contributed by atoms with E-state index < -0.39 is 17.4 Å². The molecule has 0 aliphatic carbocycles. The summed E-state index contributed by atoms with van der Waals surface area (Å²) in [5, 5.41) is 0. The third-order valence-corrected chi connectivity index (χ3v) is 3.07. The lowest BCUT2D eigenvalue weighted by molar-refractivity contribution is -0.136. The number of ether oxygens (including phenoxy) is 1. The van der Waals surface area contributed by atoms with E-state index in [1.807, 2.05) is 0 Å². The number of benzene rings is 1. The first-order valence-electron chi connectivity index (χ1n) is 5.61. The number of methoxy groups -OCH3 is 1. The first-order chi connectivity index (χ1) is 8.82. The van der Waals surface area contributed by atoms with Crippen LogP contribution in [-0.2, 0) is 10.9 Å². The summed E-state index contributed by atoms with van der Waals surface area (Å²) in [4.78, 5) is 13.4. The van der Waals surface area contributed by atoms with Crippen molar-refractivity contribution in [2.45, 2.75) is 12.3 Å². The van der Waals surface area contributed by atoms with Gasteiger partial charge in [0, 0.05) is 31.5 Å². The zero-order valence-electron chi connectivity index (χ0n) is 10.2. The van der Waals surface area contributed by atoms with Crippen molar-refractivity contribution in [1.29, 1.82) is 0 Å². The van der Waals surface area contributed by atoms with Crippen molar-refractivity contribution in [2.24, 2.45) is 0 Å². The molecule has 4 nitrogen and oxygen atoms in total. The van der Waals surface area contributed by atoms with Gasteiger partial charge in [0.05, 0.1) is 11.7 Å². The van der Waals surface area contributed by atoms with Gasteiger partial charge in [-0.05, 0) is 18.2 Å². The molecule has 1 heterocycles. The number of anilines is 1. The van der Waals surface area contributed by atoms with E-state index in [0.29, 0.717) is 13.1 Å². The van der Waals surface area contributed by atoms with Crippen molar-refractivity contribution in [1.82, 2.24) is 4.90 Å². The van der Waals surface area contributed by atoms with Crippen LogP contribution < -0.4 is 5.73 Å². The van der Waals surface area contributed by atoms with Crippen molar-refractivity contribution in [2.75, 3.05) is 25.9 Å². The molecule has 19 heavy (non-hydrogen) atoms. The van der Waals surface area contributed by atoms with E-state index in [-0.39, 0.29) is 17.6 Å². The Balaban J connectivity index is 2.15. The molecule has 1 saturated heterocycles. The molecule has 0 unspecified atom stereocenters. The van der Waals surface area contributed by atoms with Crippen molar-refractivity contribution in [3.05, 3.63) is 29.3 Å². The van der Waals surface area contributed by atoms with Crippen LogP contribution in [0, 0.1) is 0 Å². The lowest BCUT2D eigenvalue weighted by atomic mass is 10.1. The summed E-state index contributed by atoms with van der Waals surface area (Å²) in [6.07, 6.45) is -4.51. The molecule has 0 bridgehead atoms. The van der Waals surface area contributed by atoms with Crippen molar-refractivity contribution < 1.29 is 22.7 Å². The maximum atomic E-state index is 12.5. The van der Waals surface area contributed by atoms with Gasteiger partial charge >= 0.3 is 6.18 Å². The quantitative estimate of drug-likeness (QED) is 0.836. The highest BCUT2D eigenvalue weighted by molar-refractivity contribution is 5.95. The number of nitrogens with two attached hydrogens (primary N) is 1. The normalized spacial score (nSPS) is 16.3. The molecular formula is C12H13F3N2O2. The molecule has 1 aliphatic rings. The zero-order valence-corrected chi connectivity index (χ0v) is 10.2. The van der Waals surface area contributed by atoms with Crippen LogP contribution in [0.2, 0.25) is 0 Å². The van der Waals surface area contributed by atoms with Gasteiger partial charge in [0.1, 0.15) is 0 Å². The average molecular weight is 274 g/mol. The minimum Gasteiger partial charge on any atom is -0.398 e. The van der Waals surface area contributed by atoms with Gasteiger partial charge in [-0.1, -0.05) is 0 Å². The minimum atomic E-state index is -4.51. The Hall–Kier alpha value is -1.76. The molecular weight excluding hydrogens is 261 g/mol. The third kappa shape index (κ3) is 2.65. The Kier molecular flexibility index (Phi) is 3.40. The number of rotatable bonds is 2. The molecule has 2 rings (SSSR count). The number of likely N-dealkylation sites (tertiary alicyclic amines) is 1. The molecule has 0 spiro atoms. The van der Waals surface area contributed by atoms with Crippen LogP contribution in [-0.4, -0.2) is 37.1 Å². The zero-order chi connectivity index (χ0) is 14.2. The molecule has 1 amide bonds. The molecule has 0 atom stereocenters. The summed E-state index contributed by atoms with van der Waals surface area (Å²) < 4.78 is 42.6. The van der Waals surface area contributed by atoms with E-state index in [2.05, 4.69) is 0 Å². The second kappa shape index (κ2) is 4.73. The third-order valence-electron chi connectivity index (χ3n) is 3.07. The van der Waals surface area contributed by atoms with Crippen LogP contribution in [0.15, 0.2) is 18.2 Å². The SMILES string of the molecule is COC1CN(C(=O)c2ccc(C(F)(F)F)c(N)c2)C1. The Morgan fingerprint density at radius 1 is 1.42 bits per heavy atom. The number of amides is 1. The first-order valence-corrected chi connectivity index (χ1v) is 5.61. The maximum absolute atomic E-state index is 12.5. The Morgan fingerprint density at radius 3 is 2.53 bits per heavy atom. The maximum Gasteiger partial charge on any atom is 0.418 e.